The molecule has 0 bridgehead atoms. The topological polar surface area (TPSA) is 40.5 Å². The molecule has 0 spiro atoms. The van der Waals surface area contributed by atoms with Gasteiger partial charge < -0.3 is 10.0 Å². The number of nitrogens with zero attached hydrogens (tertiary/aromatic N) is 1. The summed E-state index contributed by atoms with van der Waals surface area (Å²) >= 11 is 1.48. The van der Waals surface area contributed by atoms with E-state index < -0.39 is 0 Å². The van der Waals surface area contributed by atoms with Crippen molar-refractivity contribution in [2.45, 2.75) is 17.7 Å². The average molecular weight is 249 g/mol. The van der Waals surface area contributed by atoms with Gasteiger partial charge in [-0.3, -0.25) is 4.79 Å². The highest BCUT2D eigenvalue weighted by Crippen LogP contribution is 2.21. The molecule has 0 saturated carbocycles. The maximum atomic E-state index is 11.7. The zero-order chi connectivity index (χ0) is 12.1. The Hall–Kier alpha value is -1.42. The summed E-state index contributed by atoms with van der Waals surface area (Å²) in [5.74, 6) is 0.347. The van der Waals surface area contributed by atoms with Crippen LogP contribution in [0.25, 0.3) is 0 Å². The van der Waals surface area contributed by atoms with Crippen molar-refractivity contribution in [3.05, 3.63) is 35.7 Å². The smallest absolute Gasteiger partial charge is 0.247 e. The van der Waals surface area contributed by atoms with Crippen LogP contribution in [-0.4, -0.2) is 29.0 Å². The molecule has 1 saturated heterocycles. The van der Waals surface area contributed by atoms with E-state index >= 15 is 0 Å². The van der Waals surface area contributed by atoms with Crippen LogP contribution < -0.4 is 0 Å². The number of rotatable bonds is 3. The summed E-state index contributed by atoms with van der Waals surface area (Å²) < 4.78 is 0. The largest absolute Gasteiger partial charge is 0.508 e. The van der Waals surface area contributed by atoms with Gasteiger partial charge in [-0.2, -0.15) is 0 Å². The van der Waals surface area contributed by atoms with Crippen molar-refractivity contribution in [3.8, 4) is 5.75 Å². The number of hydrogen-bond acceptors (Lipinski definition) is 3. The molecule has 1 N–H and O–H groups in total. The second kappa shape index (κ2) is 5.77. The monoisotopic (exact) mass is 249 g/mol. The number of carbonyl (C=O) groups is 1. The normalized spacial score (nSPS) is 15.6. The van der Waals surface area contributed by atoms with Crippen molar-refractivity contribution >= 4 is 17.7 Å². The quantitative estimate of drug-likeness (QED) is 0.661. The number of carbonyl (C=O) groups excluding carboxylic acids is 1. The first kappa shape index (κ1) is 12.0. The number of benzene rings is 1. The van der Waals surface area contributed by atoms with Gasteiger partial charge in [0.25, 0.3) is 0 Å². The Labute approximate surface area is 105 Å². The summed E-state index contributed by atoms with van der Waals surface area (Å²) in [5, 5.41) is 10.9. The fourth-order valence-corrected chi connectivity index (χ4v) is 2.37. The van der Waals surface area contributed by atoms with Crippen LogP contribution in [0.1, 0.15) is 12.8 Å². The highest BCUT2D eigenvalue weighted by atomic mass is 32.2. The van der Waals surface area contributed by atoms with Crippen LogP contribution in [0.4, 0.5) is 0 Å². The van der Waals surface area contributed by atoms with E-state index in [9.17, 15) is 4.79 Å². The lowest BCUT2D eigenvalue weighted by molar-refractivity contribution is -0.124. The predicted molar refractivity (Wildman–Crippen MR) is 68.9 cm³/mol. The van der Waals surface area contributed by atoms with E-state index in [2.05, 4.69) is 0 Å². The van der Waals surface area contributed by atoms with Gasteiger partial charge in [0.15, 0.2) is 0 Å². The van der Waals surface area contributed by atoms with Crippen molar-refractivity contribution in [2.75, 3.05) is 13.1 Å². The third-order valence-electron chi connectivity index (χ3n) is 2.67. The minimum absolute atomic E-state index is 0.0915. The van der Waals surface area contributed by atoms with Gasteiger partial charge >= 0.3 is 0 Å². The Morgan fingerprint density at radius 2 is 1.88 bits per heavy atom. The highest BCUT2D eigenvalue weighted by molar-refractivity contribution is 8.02. The van der Waals surface area contributed by atoms with E-state index in [1.54, 1.807) is 23.6 Å². The van der Waals surface area contributed by atoms with Crippen molar-refractivity contribution in [3.63, 3.8) is 0 Å². The summed E-state index contributed by atoms with van der Waals surface area (Å²) in [7, 11) is 0. The van der Waals surface area contributed by atoms with E-state index in [-0.39, 0.29) is 11.7 Å². The third-order valence-corrected chi connectivity index (χ3v) is 3.49. The van der Waals surface area contributed by atoms with E-state index in [1.165, 1.54) is 11.8 Å². The van der Waals surface area contributed by atoms with Crippen LogP contribution in [0.2, 0.25) is 0 Å². The minimum atomic E-state index is 0.0915. The van der Waals surface area contributed by atoms with Crippen molar-refractivity contribution in [1.82, 2.24) is 4.90 Å². The number of phenolic OH excluding ortho intramolecular Hbond substituents is 1. The second-order valence-electron chi connectivity index (χ2n) is 3.95. The molecule has 4 heteroatoms. The summed E-state index contributed by atoms with van der Waals surface area (Å²) in [5.41, 5.74) is 0. The number of aromatic hydroxyl groups is 1. The van der Waals surface area contributed by atoms with Crippen LogP contribution in [0.3, 0.4) is 0 Å². The molecule has 0 unspecified atom stereocenters. The standard InChI is InChI=1S/C13H15NO2S/c15-11-3-5-12(6-4-11)17-10-7-13(16)14-8-1-2-9-14/h3-7,10,15H,1-2,8-9H2. The van der Waals surface area contributed by atoms with Crippen LogP contribution in [0, 0.1) is 0 Å². The Kier molecular flexibility index (Phi) is 4.09. The van der Waals surface area contributed by atoms with Gasteiger partial charge in [-0.1, -0.05) is 11.8 Å². The van der Waals surface area contributed by atoms with Gasteiger partial charge in [-0.15, -0.1) is 0 Å². The molecule has 1 fully saturated rings. The SMILES string of the molecule is O=C(C=CSc1ccc(O)cc1)N1CCCC1. The molecule has 1 aliphatic rings. The van der Waals surface area contributed by atoms with E-state index in [0.717, 1.165) is 30.8 Å². The third kappa shape index (κ3) is 3.53. The number of phenols is 1. The van der Waals surface area contributed by atoms with E-state index in [1.807, 2.05) is 17.0 Å². The maximum Gasteiger partial charge on any atom is 0.247 e. The van der Waals surface area contributed by atoms with Gasteiger partial charge in [-0.25, -0.2) is 0 Å². The molecule has 17 heavy (non-hydrogen) atoms. The highest BCUT2D eigenvalue weighted by Gasteiger charge is 2.14. The molecule has 2 rings (SSSR count). The zero-order valence-corrected chi connectivity index (χ0v) is 10.3. The Morgan fingerprint density at radius 3 is 2.53 bits per heavy atom. The lowest BCUT2D eigenvalue weighted by atomic mass is 10.3. The van der Waals surface area contributed by atoms with Crippen molar-refractivity contribution in [2.24, 2.45) is 0 Å². The summed E-state index contributed by atoms with van der Waals surface area (Å²) in [4.78, 5) is 14.6. The predicted octanol–water partition coefficient (Wildman–Crippen LogP) is 2.62. The molecule has 1 aromatic rings. The first-order valence-corrected chi connectivity index (χ1v) is 6.55. The lowest BCUT2D eigenvalue weighted by Crippen LogP contribution is -2.25. The van der Waals surface area contributed by atoms with Gasteiger partial charge in [-0.05, 0) is 42.5 Å². The molecular weight excluding hydrogens is 234 g/mol. The van der Waals surface area contributed by atoms with E-state index in [0.29, 0.717) is 0 Å². The maximum absolute atomic E-state index is 11.7. The molecule has 1 amide bonds. The molecule has 1 aromatic carbocycles. The molecule has 0 radical (unpaired) electrons. The molecule has 1 aliphatic heterocycles. The summed E-state index contributed by atoms with van der Waals surface area (Å²) in [6.45, 7) is 1.76. The summed E-state index contributed by atoms with van der Waals surface area (Å²) in [6.07, 6.45) is 3.85. The second-order valence-corrected chi connectivity index (χ2v) is 4.93. The average Bonchev–Trinajstić information content (AvgIpc) is 2.85. The first-order chi connectivity index (χ1) is 8.25. The van der Waals surface area contributed by atoms with Crippen LogP contribution in [0.5, 0.6) is 5.75 Å². The fraction of sp³-hybridized carbons (Fsp3) is 0.308. The van der Waals surface area contributed by atoms with Crippen molar-refractivity contribution < 1.29 is 9.90 Å². The van der Waals surface area contributed by atoms with Crippen LogP contribution in [-0.2, 0) is 4.79 Å². The van der Waals surface area contributed by atoms with Gasteiger partial charge in [0.1, 0.15) is 5.75 Å². The van der Waals surface area contributed by atoms with Gasteiger partial charge in [0.05, 0.1) is 0 Å². The molecular formula is C13H15NO2S. The number of likely N-dealkylation sites (tertiary alicyclic amines) is 1. The molecule has 0 atom stereocenters. The minimum Gasteiger partial charge on any atom is -0.508 e. The lowest BCUT2D eigenvalue weighted by Gasteiger charge is -2.11. The van der Waals surface area contributed by atoms with E-state index in [4.69, 9.17) is 5.11 Å². The number of thioether (sulfide) groups is 1. The Balaban J connectivity index is 1.84. The number of hydrogen-bond donors (Lipinski definition) is 1. The zero-order valence-electron chi connectivity index (χ0n) is 9.50. The molecule has 0 aromatic heterocycles. The molecule has 0 aliphatic carbocycles. The molecule has 3 nitrogen and oxygen atoms in total. The van der Waals surface area contributed by atoms with Crippen molar-refractivity contribution in [1.29, 1.82) is 0 Å². The summed E-state index contributed by atoms with van der Waals surface area (Å²) in [6, 6.07) is 6.92. The van der Waals surface area contributed by atoms with Crippen LogP contribution >= 0.6 is 11.8 Å². The fourth-order valence-electron chi connectivity index (χ4n) is 1.74. The van der Waals surface area contributed by atoms with Gasteiger partial charge in [0.2, 0.25) is 5.91 Å². The van der Waals surface area contributed by atoms with Gasteiger partial charge in [0, 0.05) is 24.1 Å². The number of amides is 1. The first-order valence-electron chi connectivity index (χ1n) is 5.67. The Bertz CT molecular complexity index is 408. The molecule has 90 valence electrons. The van der Waals surface area contributed by atoms with Crippen LogP contribution in [0.15, 0.2) is 40.6 Å². The Morgan fingerprint density at radius 1 is 1.24 bits per heavy atom. The molecule has 1 heterocycles.